The number of carbonyl (C=O) groups excluding carboxylic acids is 2. The van der Waals surface area contributed by atoms with Gasteiger partial charge in [-0.2, -0.15) is 0 Å². The van der Waals surface area contributed by atoms with Crippen LogP contribution in [0.15, 0.2) is 48.5 Å². The molecular formula is C21H26N2O4. The minimum atomic E-state index is -0.700. The summed E-state index contributed by atoms with van der Waals surface area (Å²) in [7, 11) is 0. The molecule has 144 valence electrons. The third-order valence-corrected chi connectivity index (χ3v) is 4.12. The third-order valence-electron chi connectivity index (χ3n) is 4.12. The highest BCUT2D eigenvalue weighted by Crippen LogP contribution is 2.25. The SMILES string of the molecule is CCOC(=O)NN(C(=O)OCC)C(C)c1ccc(-c2ccc(C)cc2)cc1. The number of amides is 2. The van der Waals surface area contributed by atoms with E-state index in [-0.39, 0.29) is 13.2 Å². The van der Waals surface area contributed by atoms with Gasteiger partial charge in [0.25, 0.3) is 0 Å². The first-order valence-corrected chi connectivity index (χ1v) is 9.02. The van der Waals surface area contributed by atoms with Crippen LogP contribution in [0.1, 0.15) is 37.9 Å². The van der Waals surface area contributed by atoms with Crippen LogP contribution < -0.4 is 5.43 Å². The van der Waals surface area contributed by atoms with E-state index in [1.165, 1.54) is 5.56 Å². The molecule has 2 aromatic carbocycles. The number of hydrogen-bond donors (Lipinski definition) is 1. The standard InChI is InChI=1S/C21H26N2O4/c1-5-26-20(24)22-23(21(25)27-6-2)16(4)17-11-13-19(14-12-17)18-9-7-15(3)8-10-18/h7-14,16H,5-6H2,1-4H3,(H,22,24). The van der Waals surface area contributed by atoms with Crippen molar-refractivity contribution in [1.82, 2.24) is 10.4 Å². The molecule has 2 aromatic rings. The fourth-order valence-corrected chi connectivity index (χ4v) is 2.60. The Bertz CT molecular complexity index is 757. The summed E-state index contributed by atoms with van der Waals surface area (Å²) in [6.07, 6.45) is -1.34. The van der Waals surface area contributed by atoms with Crippen LogP contribution in [-0.4, -0.2) is 30.4 Å². The largest absolute Gasteiger partial charge is 0.449 e. The summed E-state index contributed by atoms with van der Waals surface area (Å²) >= 11 is 0. The van der Waals surface area contributed by atoms with E-state index in [0.29, 0.717) is 0 Å². The van der Waals surface area contributed by atoms with Crippen LogP contribution in [0.3, 0.4) is 0 Å². The van der Waals surface area contributed by atoms with Gasteiger partial charge in [0.1, 0.15) is 0 Å². The number of nitrogens with zero attached hydrogens (tertiary/aromatic N) is 1. The van der Waals surface area contributed by atoms with Crippen molar-refractivity contribution in [3.63, 3.8) is 0 Å². The van der Waals surface area contributed by atoms with E-state index in [2.05, 4.69) is 36.6 Å². The number of carbonyl (C=O) groups is 2. The van der Waals surface area contributed by atoms with Crippen molar-refractivity contribution in [1.29, 1.82) is 0 Å². The van der Waals surface area contributed by atoms with Crippen LogP contribution in [0.4, 0.5) is 9.59 Å². The van der Waals surface area contributed by atoms with Gasteiger partial charge in [0.15, 0.2) is 0 Å². The molecule has 0 bridgehead atoms. The smallest absolute Gasteiger partial charge is 0.429 e. The zero-order chi connectivity index (χ0) is 19.8. The third kappa shape index (κ3) is 5.48. The van der Waals surface area contributed by atoms with Gasteiger partial charge in [-0.1, -0.05) is 54.1 Å². The molecule has 0 aromatic heterocycles. The normalized spacial score (nSPS) is 11.4. The zero-order valence-electron chi connectivity index (χ0n) is 16.2. The summed E-state index contributed by atoms with van der Waals surface area (Å²) < 4.78 is 9.92. The predicted octanol–water partition coefficient (Wildman–Crippen LogP) is 4.84. The fraction of sp³-hybridized carbons (Fsp3) is 0.333. The molecule has 0 radical (unpaired) electrons. The van der Waals surface area contributed by atoms with Gasteiger partial charge in [0.05, 0.1) is 19.3 Å². The molecule has 0 saturated carbocycles. The Morgan fingerprint density at radius 2 is 1.44 bits per heavy atom. The summed E-state index contributed by atoms with van der Waals surface area (Å²) in [5.74, 6) is 0. The Balaban J connectivity index is 2.20. The van der Waals surface area contributed by atoms with Crippen molar-refractivity contribution in [3.05, 3.63) is 59.7 Å². The van der Waals surface area contributed by atoms with Crippen molar-refractivity contribution < 1.29 is 19.1 Å². The van der Waals surface area contributed by atoms with Crippen molar-refractivity contribution in [2.75, 3.05) is 13.2 Å². The minimum Gasteiger partial charge on any atom is -0.449 e. The second-order valence-corrected chi connectivity index (χ2v) is 6.07. The molecule has 0 heterocycles. The highest BCUT2D eigenvalue weighted by atomic mass is 16.6. The summed E-state index contributed by atoms with van der Waals surface area (Å²) in [6.45, 7) is 7.68. The average molecular weight is 370 g/mol. The van der Waals surface area contributed by atoms with E-state index in [0.717, 1.165) is 21.7 Å². The Labute approximate surface area is 160 Å². The van der Waals surface area contributed by atoms with E-state index in [1.54, 1.807) is 13.8 Å². The van der Waals surface area contributed by atoms with Crippen LogP contribution in [0, 0.1) is 6.92 Å². The maximum Gasteiger partial charge on any atom is 0.429 e. The quantitative estimate of drug-likeness (QED) is 0.765. The second kappa shape index (κ2) is 9.62. The molecule has 6 nitrogen and oxygen atoms in total. The fourth-order valence-electron chi connectivity index (χ4n) is 2.60. The van der Waals surface area contributed by atoms with Gasteiger partial charge in [0, 0.05) is 0 Å². The zero-order valence-corrected chi connectivity index (χ0v) is 16.2. The Hall–Kier alpha value is -3.02. The molecule has 0 fully saturated rings. The molecule has 2 rings (SSSR count). The highest BCUT2D eigenvalue weighted by molar-refractivity contribution is 5.74. The number of hydrazine groups is 1. The van der Waals surface area contributed by atoms with Gasteiger partial charge in [-0.3, -0.25) is 0 Å². The number of rotatable bonds is 5. The Morgan fingerprint density at radius 3 is 1.96 bits per heavy atom. The molecule has 0 spiro atoms. The van der Waals surface area contributed by atoms with E-state index in [1.807, 2.05) is 31.2 Å². The molecular weight excluding hydrogens is 344 g/mol. The molecule has 0 saturated heterocycles. The lowest BCUT2D eigenvalue weighted by atomic mass is 10.0. The molecule has 2 amide bonds. The average Bonchev–Trinajstić information content (AvgIpc) is 2.67. The molecule has 0 aliphatic rings. The van der Waals surface area contributed by atoms with Gasteiger partial charge in [-0.05, 0) is 44.4 Å². The first-order valence-electron chi connectivity index (χ1n) is 9.02. The molecule has 1 atom stereocenters. The first kappa shape index (κ1) is 20.3. The van der Waals surface area contributed by atoms with Crippen LogP contribution in [0.2, 0.25) is 0 Å². The molecule has 27 heavy (non-hydrogen) atoms. The van der Waals surface area contributed by atoms with Crippen molar-refractivity contribution in [2.45, 2.75) is 33.7 Å². The van der Waals surface area contributed by atoms with Crippen LogP contribution in [0.5, 0.6) is 0 Å². The topological polar surface area (TPSA) is 67.9 Å². The summed E-state index contributed by atoms with van der Waals surface area (Å²) in [6, 6.07) is 15.7. The number of benzene rings is 2. The number of hydrogen-bond acceptors (Lipinski definition) is 4. The second-order valence-electron chi connectivity index (χ2n) is 6.07. The minimum absolute atomic E-state index is 0.207. The molecule has 1 N–H and O–H groups in total. The molecule has 6 heteroatoms. The van der Waals surface area contributed by atoms with Crippen molar-refractivity contribution in [3.8, 4) is 11.1 Å². The van der Waals surface area contributed by atoms with Crippen LogP contribution >= 0.6 is 0 Å². The molecule has 1 unspecified atom stereocenters. The van der Waals surface area contributed by atoms with E-state index in [4.69, 9.17) is 9.47 Å². The summed E-state index contributed by atoms with van der Waals surface area (Å²) in [5, 5.41) is 1.14. The molecule has 0 aliphatic heterocycles. The number of nitrogens with one attached hydrogen (secondary N) is 1. The summed E-state index contributed by atoms with van der Waals surface area (Å²) in [5.41, 5.74) is 6.71. The lowest BCUT2D eigenvalue weighted by Gasteiger charge is -2.28. The number of ether oxygens (including phenoxy) is 2. The molecule has 0 aliphatic carbocycles. The first-order chi connectivity index (χ1) is 13.0. The van der Waals surface area contributed by atoms with E-state index in [9.17, 15) is 9.59 Å². The predicted molar refractivity (Wildman–Crippen MR) is 104 cm³/mol. The van der Waals surface area contributed by atoms with E-state index < -0.39 is 18.2 Å². The summed E-state index contributed by atoms with van der Waals surface area (Å²) in [4.78, 5) is 24.0. The van der Waals surface area contributed by atoms with Gasteiger partial charge in [0.2, 0.25) is 0 Å². The van der Waals surface area contributed by atoms with Crippen molar-refractivity contribution in [2.24, 2.45) is 0 Å². The lowest BCUT2D eigenvalue weighted by Crippen LogP contribution is -2.48. The lowest BCUT2D eigenvalue weighted by molar-refractivity contribution is 0.0582. The van der Waals surface area contributed by atoms with Crippen molar-refractivity contribution >= 4 is 12.2 Å². The van der Waals surface area contributed by atoms with Gasteiger partial charge >= 0.3 is 12.2 Å². The highest BCUT2D eigenvalue weighted by Gasteiger charge is 2.25. The van der Waals surface area contributed by atoms with E-state index >= 15 is 0 Å². The monoisotopic (exact) mass is 370 g/mol. The van der Waals surface area contributed by atoms with Gasteiger partial charge < -0.3 is 9.47 Å². The van der Waals surface area contributed by atoms with Crippen LogP contribution in [-0.2, 0) is 9.47 Å². The maximum atomic E-state index is 12.3. The maximum absolute atomic E-state index is 12.3. The van der Waals surface area contributed by atoms with Crippen LogP contribution in [0.25, 0.3) is 11.1 Å². The number of aryl methyl sites for hydroxylation is 1. The Kier molecular flexibility index (Phi) is 7.23. The Morgan fingerprint density at radius 1 is 0.926 bits per heavy atom. The van der Waals surface area contributed by atoms with Gasteiger partial charge in [-0.15, -0.1) is 0 Å². The van der Waals surface area contributed by atoms with Gasteiger partial charge in [-0.25, -0.2) is 20.0 Å².